The van der Waals surface area contributed by atoms with Crippen LogP contribution < -0.4 is 19.8 Å². The smallest absolute Gasteiger partial charge is 0.263 e. The molecule has 1 atom stereocenters. The second kappa shape index (κ2) is 9.11. The van der Waals surface area contributed by atoms with E-state index in [-0.39, 0.29) is 22.2 Å². The summed E-state index contributed by atoms with van der Waals surface area (Å²) >= 11 is 8.03. The molecule has 0 aliphatic rings. The number of methoxy groups -OCH3 is 3. The maximum Gasteiger partial charge on any atom is 0.263 e. The van der Waals surface area contributed by atoms with E-state index in [1.54, 1.807) is 22.8 Å². The summed E-state index contributed by atoms with van der Waals surface area (Å²) in [5.74, 6) is 1.82. The molecular formula is C24H25ClN2O5S. The molecule has 1 N–H and O–H groups in total. The van der Waals surface area contributed by atoms with Crippen LogP contribution in [-0.2, 0) is 6.54 Å². The highest BCUT2D eigenvalue weighted by Crippen LogP contribution is 2.48. The fraction of sp³-hybridized carbons (Fsp3) is 0.333. The Labute approximate surface area is 200 Å². The number of phenols is 1. The minimum absolute atomic E-state index is 0.121. The highest BCUT2D eigenvalue weighted by molar-refractivity contribution is 7.25. The van der Waals surface area contributed by atoms with Gasteiger partial charge in [0.1, 0.15) is 16.4 Å². The zero-order valence-corrected chi connectivity index (χ0v) is 20.6. The van der Waals surface area contributed by atoms with E-state index >= 15 is 0 Å². The Morgan fingerprint density at radius 3 is 2.55 bits per heavy atom. The molecule has 1 unspecified atom stereocenters. The third-order valence-electron chi connectivity index (χ3n) is 5.80. The second-order valence-electron chi connectivity index (χ2n) is 7.81. The van der Waals surface area contributed by atoms with E-state index in [1.807, 2.05) is 6.07 Å². The lowest BCUT2D eigenvalue weighted by Gasteiger charge is -2.20. The van der Waals surface area contributed by atoms with Crippen LogP contribution in [0, 0.1) is 5.92 Å². The van der Waals surface area contributed by atoms with E-state index in [2.05, 4.69) is 13.8 Å². The lowest BCUT2D eigenvalue weighted by atomic mass is 10.1. The second-order valence-corrected chi connectivity index (χ2v) is 9.18. The molecule has 174 valence electrons. The molecule has 0 aliphatic carbocycles. The Balaban J connectivity index is 2.13. The van der Waals surface area contributed by atoms with Crippen LogP contribution in [0.5, 0.6) is 23.0 Å². The van der Waals surface area contributed by atoms with Gasteiger partial charge in [0.2, 0.25) is 5.75 Å². The number of aromatic nitrogens is 2. The van der Waals surface area contributed by atoms with Crippen LogP contribution in [0.1, 0.15) is 20.3 Å². The van der Waals surface area contributed by atoms with Crippen molar-refractivity contribution in [2.75, 3.05) is 21.3 Å². The summed E-state index contributed by atoms with van der Waals surface area (Å²) < 4.78 is 18.7. The normalized spacial score (nSPS) is 12.3. The van der Waals surface area contributed by atoms with Gasteiger partial charge in [0.15, 0.2) is 11.5 Å². The molecular weight excluding hydrogens is 464 g/mol. The first-order valence-electron chi connectivity index (χ1n) is 10.5. The number of halogens is 1. The zero-order valence-electron chi connectivity index (χ0n) is 19.1. The van der Waals surface area contributed by atoms with Gasteiger partial charge in [-0.2, -0.15) is 0 Å². The Morgan fingerprint density at radius 2 is 1.91 bits per heavy atom. The van der Waals surface area contributed by atoms with E-state index < -0.39 is 0 Å². The summed E-state index contributed by atoms with van der Waals surface area (Å²) in [5.41, 5.74) is 0.312. The summed E-state index contributed by atoms with van der Waals surface area (Å²) in [4.78, 5) is 19.2. The van der Waals surface area contributed by atoms with Crippen LogP contribution in [0.2, 0.25) is 5.02 Å². The summed E-state index contributed by atoms with van der Waals surface area (Å²) in [6.45, 7) is 4.61. The van der Waals surface area contributed by atoms with Crippen LogP contribution >= 0.6 is 22.9 Å². The van der Waals surface area contributed by atoms with E-state index in [4.69, 9.17) is 30.8 Å². The summed E-state index contributed by atoms with van der Waals surface area (Å²) in [7, 11) is 4.51. The first kappa shape index (κ1) is 23.2. The summed E-state index contributed by atoms with van der Waals surface area (Å²) in [6.07, 6.45) is 0.887. The highest BCUT2D eigenvalue weighted by atomic mass is 35.5. The monoisotopic (exact) mass is 488 g/mol. The van der Waals surface area contributed by atoms with E-state index in [0.717, 1.165) is 6.42 Å². The number of rotatable bonds is 7. The molecule has 0 fully saturated rings. The SMILES string of the molecule is CCC(C)Cn1c(-c2cc(OC)c(OC)c(OC)c2Cl)nc2sc3c(O)cccc3c2c1=O. The molecule has 33 heavy (non-hydrogen) atoms. The van der Waals surface area contributed by atoms with Gasteiger partial charge < -0.3 is 19.3 Å². The number of nitrogens with zero attached hydrogens (tertiary/aromatic N) is 2. The van der Waals surface area contributed by atoms with Crippen molar-refractivity contribution in [3.8, 4) is 34.4 Å². The van der Waals surface area contributed by atoms with E-state index in [1.165, 1.54) is 32.7 Å². The van der Waals surface area contributed by atoms with Crippen molar-refractivity contribution in [3.05, 3.63) is 39.6 Å². The lowest BCUT2D eigenvalue weighted by Crippen LogP contribution is -2.26. The number of benzene rings is 2. The van der Waals surface area contributed by atoms with Gasteiger partial charge in [0.05, 0.1) is 36.4 Å². The fourth-order valence-electron chi connectivity index (χ4n) is 3.86. The average Bonchev–Trinajstić information content (AvgIpc) is 3.20. The molecule has 0 radical (unpaired) electrons. The van der Waals surface area contributed by atoms with Gasteiger partial charge in [0.25, 0.3) is 5.56 Å². The van der Waals surface area contributed by atoms with Crippen LogP contribution in [0.3, 0.4) is 0 Å². The molecule has 2 heterocycles. The predicted molar refractivity (Wildman–Crippen MR) is 133 cm³/mol. The zero-order chi connectivity index (χ0) is 23.9. The molecule has 0 amide bonds. The molecule has 4 rings (SSSR count). The Kier molecular flexibility index (Phi) is 6.41. The standard InChI is InChI=1S/C24H25ClN2O5S/c1-6-12(2)11-27-22(14-10-16(30-3)19(31-4)20(32-5)18(14)25)26-23-17(24(27)29)13-8-7-9-15(28)21(13)33-23/h7-10,12,28H,6,11H2,1-5H3. The van der Waals surface area contributed by atoms with Crippen molar-refractivity contribution < 1.29 is 19.3 Å². The number of phenolic OH excluding ortho intramolecular Hbond substituents is 1. The minimum atomic E-state index is -0.183. The van der Waals surface area contributed by atoms with Crippen LogP contribution in [0.25, 0.3) is 31.7 Å². The molecule has 2 aromatic carbocycles. The van der Waals surface area contributed by atoms with Crippen molar-refractivity contribution in [2.24, 2.45) is 5.92 Å². The molecule has 7 nitrogen and oxygen atoms in total. The molecule has 9 heteroatoms. The molecule has 0 bridgehead atoms. The van der Waals surface area contributed by atoms with Crippen molar-refractivity contribution in [2.45, 2.75) is 26.8 Å². The summed E-state index contributed by atoms with van der Waals surface area (Å²) in [6, 6.07) is 6.87. The average molecular weight is 489 g/mol. The fourth-order valence-corrected chi connectivity index (χ4v) is 5.24. The minimum Gasteiger partial charge on any atom is -0.506 e. The maximum atomic E-state index is 13.8. The molecule has 0 spiro atoms. The third-order valence-corrected chi connectivity index (χ3v) is 7.30. The molecule has 0 saturated heterocycles. The lowest BCUT2D eigenvalue weighted by molar-refractivity contribution is 0.324. The number of fused-ring (bicyclic) bond motifs is 3. The quantitative estimate of drug-likeness (QED) is 0.359. The number of hydrogen-bond acceptors (Lipinski definition) is 7. The number of ether oxygens (including phenoxy) is 3. The van der Waals surface area contributed by atoms with Crippen molar-refractivity contribution in [1.29, 1.82) is 0 Å². The maximum absolute atomic E-state index is 13.8. The van der Waals surface area contributed by atoms with Crippen LogP contribution in [-0.4, -0.2) is 36.0 Å². The number of aromatic hydroxyl groups is 1. The van der Waals surface area contributed by atoms with Gasteiger partial charge in [-0.15, -0.1) is 11.3 Å². The van der Waals surface area contributed by atoms with Crippen LogP contribution in [0.4, 0.5) is 0 Å². The molecule has 2 aromatic heterocycles. The van der Waals surface area contributed by atoms with Gasteiger partial charge >= 0.3 is 0 Å². The van der Waals surface area contributed by atoms with E-state index in [9.17, 15) is 9.90 Å². The molecule has 0 aliphatic heterocycles. The van der Waals surface area contributed by atoms with Gasteiger partial charge in [-0.1, -0.05) is 44.0 Å². The first-order chi connectivity index (χ1) is 15.9. The van der Waals surface area contributed by atoms with Crippen molar-refractivity contribution in [3.63, 3.8) is 0 Å². The highest BCUT2D eigenvalue weighted by Gasteiger charge is 2.25. The van der Waals surface area contributed by atoms with Gasteiger partial charge in [-0.25, -0.2) is 4.98 Å². The Morgan fingerprint density at radius 1 is 1.18 bits per heavy atom. The van der Waals surface area contributed by atoms with Gasteiger partial charge in [-0.05, 0) is 18.1 Å². The van der Waals surface area contributed by atoms with Gasteiger partial charge in [0, 0.05) is 17.5 Å². The third kappa shape index (κ3) is 3.77. The topological polar surface area (TPSA) is 82.8 Å². The van der Waals surface area contributed by atoms with Crippen molar-refractivity contribution >= 4 is 43.2 Å². The molecule has 4 aromatic rings. The largest absolute Gasteiger partial charge is 0.506 e. The number of hydrogen-bond donors (Lipinski definition) is 1. The summed E-state index contributed by atoms with van der Waals surface area (Å²) in [5, 5.41) is 11.8. The Hall–Kier alpha value is -2.97. The predicted octanol–water partition coefficient (Wildman–Crippen LogP) is 5.71. The van der Waals surface area contributed by atoms with Gasteiger partial charge in [-0.3, -0.25) is 9.36 Å². The van der Waals surface area contributed by atoms with Crippen LogP contribution in [0.15, 0.2) is 29.1 Å². The van der Waals surface area contributed by atoms with E-state index in [0.29, 0.717) is 55.5 Å². The number of thiophene rings is 1. The Bertz CT molecular complexity index is 1410. The molecule has 0 saturated carbocycles. The van der Waals surface area contributed by atoms with Crippen molar-refractivity contribution in [1.82, 2.24) is 9.55 Å². The first-order valence-corrected chi connectivity index (χ1v) is 11.7.